The number of hydrazone groups is 1. The van der Waals surface area contributed by atoms with Gasteiger partial charge in [0.25, 0.3) is 5.91 Å². The van der Waals surface area contributed by atoms with E-state index in [2.05, 4.69) is 36.5 Å². The topological polar surface area (TPSA) is 59.9 Å². The number of rotatable bonds is 17. The zero-order valence-electron chi connectivity index (χ0n) is 20.4. The first kappa shape index (κ1) is 26.4. The molecule has 5 heteroatoms. The number of nitrogens with zero attached hydrogens (tertiary/aromatic N) is 1. The Hall–Kier alpha value is -2.82. The van der Waals surface area contributed by atoms with Crippen LogP contribution in [0.5, 0.6) is 11.5 Å². The second-order valence-corrected chi connectivity index (χ2v) is 8.37. The number of hydrogen-bond donors (Lipinski definition) is 1. The number of carbonyl (C=O) groups is 1. The first-order valence-electron chi connectivity index (χ1n) is 12.5. The minimum Gasteiger partial charge on any atom is -0.494 e. The molecule has 1 N–H and O–H groups in total. The SMILES string of the molecule is CCCCCCCCOc1ccc(/C=N\NC(=O)COc2ccc(CCCCC)cc2)cc1. The van der Waals surface area contributed by atoms with Gasteiger partial charge in [0.05, 0.1) is 12.8 Å². The van der Waals surface area contributed by atoms with Crippen LogP contribution in [0.1, 0.15) is 82.8 Å². The van der Waals surface area contributed by atoms with Crippen LogP contribution in [0.3, 0.4) is 0 Å². The summed E-state index contributed by atoms with van der Waals surface area (Å²) in [7, 11) is 0. The quantitative estimate of drug-likeness (QED) is 0.165. The Morgan fingerprint density at radius 3 is 2.12 bits per heavy atom. The Labute approximate surface area is 199 Å². The summed E-state index contributed by atoms with van der Waals surface area (Å²) in [6.07, 6.45) is 13.9. The number of carbonyl (C=O) groups excluding carboxylic acids is 1. The molecule has 1 amide bonds. The number of aryl methyl sites for hydroxylation is 1. The molecule has 2 aromatic rings. The maximum Gasteiger partial charge on any atom is 0.277 e. The average Bonchev–Trinajstić information content (AvgIpc) is 2.84. The lowest BCUT2D eigenvalue weighted by Gasteiger charge is -2.07. The molecule has 2 rings (SSSR count). The van der Waals surface area contributed by atoms with Crippen molar-refractivity contribution in [3.63, 3.8) is 0 Å². The van der Waals surface area contributed by atoms with Gasteiger partial charge in [-0.05, 0) is 66.8 Å². The van der Waals surface area contributed by atoms with E-state index in [1.165, 1.54) is 56.9 Å². The van der Waals surface area contributed by atoms with Crippen LogP contribution in [0.25, 0.3) is 0 Å². The first-order valence-corrected chi connectivity index (χ1v) is 12.5. The van der Waals surface area contributed by atoms with Crippen molar-refractivity contribution in [3.05, 3.63) is 59.7 Å². The molecule has 0 atom stereocenters. The van der Waals surface area contributed by atoms with Gasteiger partial charge in [-0.2, -0.15) is 5.10 Å². The van der Waals surface area contributed by atoms with E-state index in [0.717, 1.165) is 30.8 Å². The van der Waals surface area contributed by atoms with Crippen LogP contribution in [-0.2, 0) is 11.2 Å². The molecule has 0 aliphatic heterocycles. The Balaban J connectivity index is 1.61. The van der Waals surface area contributed by atoms with Crippen molar-refractivity contribution in [3.8, 4) is 11.5 Å². The Kier molecular flexibility index (Phi) is 13.4. The summed E-state index contributed by atoms with van der Waals surface area (Å²) in [6.45, 7) is 5.11. The van der Waals surface area contributed by atoms with E-state index in [1.54, 1.807) is 6.21 Å². The predicted molar refractivity (Wildman–Crippen MR) is 136 cm³/mol. The van der Waals surface area contributed by atoms with Gasteiger partial charge in [-0.1, -0.05) is 70.9 Å². The number of amides is 1. The summed E-state index contributed by atoms with van der Waals surface area (Å²) < 4.78 is 11.3. The molecule has 0 aromatic heterocycles. The zero-order valence-corrected chi connectivity index (χ0v) is 20.4. The molecule has 0 bridgehead atoms. The fourth-order valence-electron chi connectivity index (χ4n) is 3.41. The van der Waals surface area contributed by atoms with Crippen molar-refractivity contribution in [2.24, 2.45) is 5.10 Å². The molecular weight excluding hydrogens is 412 g/mol. The maximum absolute atomic E-state index is 12.0. The maximum atomic E-state index is 12.0. The number of hydrogen-bond acceptors (Lipinski definition) is 4. The minimum atomic E-state index is -0.294. The molecule has 0 radical (unpaired) electrons. The molecule has 33 heavy (non-hydrogen) atoms. The fraction of sp³-hybridized carbons (Fsp3) is 0.500. The lowest BCUT2D eigenvalue weighted by atomic mass is 10.1. The third-order valence-electron chi connectivity index (χ3n) is 5.41. The van der Waals surface area contributed by atoms with E-state index < -0.39 is 0 Å². The fourth-order valence-corrected chi connectivity index (χ4v) is 3.41. The van der Waals surface area contributed by atoms with E-state index in [-0.39, 0.29) is 12.5 Å². The van der Waals surface area contributed by atoms with E-state index >= 15 is 0 Å². The van der Waals surface area contributed by atoms with Crippen molar-refractivity contribution in [1.82, 2.24) is 5.43 Å². The van der Waals surface area contributed by atoms with E-state index in [9.17, 15) is 4.79 Å². The molecule has 5 nitrogen and oxygen atoms in total. The lowest BCUT2D eigenvalue weighted by molar-refractivity contribution is -0.123. The van der Waals surface area contributed by atoms with Crippen molar-refractivity contribution >= 4 is 12.1 Å². The average molecular weight is 453 g/mol. The zero-order chi connectivity index (χ0) is 23.6. The first-order chi connectivity index (χ1) is 16.2. The molecule has 0 fully saturated rings. The van der Waals surface area contributed by atoms with Gasteiger partial charge in [-0.25, -0.2) is 5.43 Å². The minimum absolute atomic E-state index is 0.0717. The smallest absolute Gasteiger partial charge is 0.277 e. The summed E-state index contributed by atoms with van der Waals surface area (Å²) in [5.41, 5.74) is 4.68. The van der Waals surface area contributed by atoms with Gasteiger partial charge in [0.2, 0.25) is 0 Å². The summed E-state index contributed by atoms with van der Waals surface area (Å²) >= 11 is 0. The molecule has 0 heterocycles. The highest BCUT2D eigenvalue weighted by atomic mass is 16.5. The highest BCUT2D eigenvalue weighted by Crippen LogP contribution is 2.15. The van der Waals surface area contributed by atoms with Crippen molar-refractivity contribution < 1.29 is 14.3 Å². The van der Waals surface area contributed by atoms with Crippen molar-refractivity contribution in [1.29, 1.82) is 0 Å². The van der Waals surface area contributed by atoms with E-state index in [1.807, 2.05) is 36.4 Å². The molecule has 2 aromatic carbocycles. The van der Waals surface area contributed by atoms with Crippen LogP contribution in [0.15, 0.2) is 53.6 Å². The van der Waals surface area contributed by atoms with Gasteiger partial charge < -0.3 is 9.47 Å². The third-order valence-corrected chi connectivity index (χ3v) is 5.41. The standard InChI is InChI=1S/C28H40N2O3/c1-3-5-7-8-9-11-21-32-26-19-15-25(16-20-26)22-29-30-28(31)23-33-27-17-13-24(14-18-27)12-10-6-4-2/h13-20,22H,3-12,21,23H2,1-2H3,(H,30,31)/b29-22-. The van der Waals surface area contributed by atoms with Crippen molar-refractivity contribution in [2.75, 3.05) is 13.2 Å². The molecule has 180 valence electrons. The van der Waals surface area contributed by atoms with Gasteiger partial charge in [0.15, 0.2) is 6.61 Å². The van der Waals surface area contributed by atoms with Gasteiger partial charge in [0, 0.05) is 0 Å². The molecule has 0 spiro atoms. The van der Waals surface area contributed by atoms with Crippen molar-refractivity contribution in [2.45, 2.75) is 78.1 Å². The summed E-state index contributed by atoms with van der Waals surface area (Å²) in [5, 5.41) is 4.00. The molecule has 0 aliphatic rings. The molecule has 0 saturated carbocycles. The van der Waals surface area contributed by atoms with Gasteiger partial charge in [-0.3, -0.25) is 4.79 Å². The van der Waals surface area contributed by atoms with Crippen LogP contribution < -0.4 is 14.9 Å². The van der Waals surface area contributed by atoms with Crippen LogP contribution in [0, 0.1) is 0 Å². The highest BCUT2D eigenvalue weighted by molar-refractivity contribution is 5.83. The van der Waals surface area contributed by atoms with Gasteiger partial charge in [-0.15, -0.1) is 0 Å². The normalized spacial score (nSPS) is 11.0. The molecule has 0 aliphatic carbocycles. The van der Waals surface area contributed by atoms with Crippen LogP contribution >= 0.6 is 0 Å². The van der Waals surface area contributed by atoms with Crippen LogP contribution in [-0.4, -0.2) is 25.3 Å². The molecular formula is C28H40N2O3. The predicted octanol–water partition coefficient (Wildman–Crippen LogP) is 6.69. The molecule has 0 saturated heterocycles. The number of ether oxygens (including phenoxy) is 2. The highest BCUT2D eigenvalue weighted by Gasteiger charge is 2.02. The Morgan fingerprint density at radius 1 is 0.788 bits per heavy atom. The Bertz CT molecular complexity index is 801. The van der Waals surface area contributed by atoms with Crippen LogP contribution in [0.4, 0.5) is 0 Å². The second-order valence-electron chi connectivity index (χ2n) is 8.37. The summed E-state index contributed by atoms with van der Waals surface area (Å²) in [5.74, 6) is 1.25. The number of unbranched alkanes of at least 4 members (excludes halogenated alkanes) is 7. The van der Waals surface area contributed by atoms with Gasteiger partial charge >= 0.3 is 0 Å². The second kappa shape index (κ2) is 16.8. The monoisotopic (exact) mass is 452 g/mol. The van der Waals surface area contributed by atoms with E-state index in [0.29, 0.717) is 5.75 Å². The number of benzene rings is 2. The summed E-state index contributed by atoms with van der Waals surface area (Å²) in [6, 6.07) is 15.6. The lowest BCUT2D eigenvalue weighted by Crippen LogP contribution is -2.24. The largest absolute Gasteiger partial charge is 0.494 e. The van der Waals surface area contributed by atoms with E-state index in [4.69, 9.17) is 9.47 Å². The Morgan fingerprint density at radius 2 is 1.39 bits per heavy atom. The number of nitrogens with one attached hydrogen (secondary N) is 1. The molecule has 0 unspecified atom stereocenters. The van der Waals surface area contributed by atoms with Crippen LogP contribution in [0.2, 0.25) is 0 Å². The third kappa shape index (κ3) is 12.1. The van der Waals surface area contributed by atoms with Gasteiger partial charge in [0.1, 0.15) is 11.5 Å². The summed E-state index contributed by atoms with van der Waals surface area (Å²) in [4.78, 5) is 12.0.